The maximum atomic E-state index is 12.3. The van der Waals surface area contributed by atoms with E-state index in [1.165, 1.54) is 18.2 Å². The summed E-state index contributed by atoms with van der Waals surface area (Å²) in [5.41, 5.74) is 1.13. The number of halogens is 1. The van der Waals surface area contributed by atoms with Crippen LogP contribution in [0.4, 0.5) is 0 Å². The van der Waals surface area contributed by atoms with E-state index in [1.807, 2.05) is 6.07 Å². The van der Waals surface area contributed by atoms with E-state index >= 15 is 0 Å². The van der Waals surface area contributed by atoms with Crippen LogP contribution in [0.2, 0.25) is 5.02 Å². The van der Waals surface area contributed by atoms with Crippen LogP contribution in [0.15, 0.2) is 41.3 Å². The van der Waals surface area contributed by atoms with Crippen molar-refractivity contribution >= 4 is 21.6 Å². The van der Waals surface area contributed by atoms with Gasteiger partial charge in [-0.25, -0.2) is 13.1 Å². The molecule has 0 unspecified atom stereocenters. The van der Waals surface area contributed by atoms with Crippen LogP contribution in [0.3, 0.4) is 0 Å². The molecular weight excluding hydrogens is 364 g/mol. The van der Waals surface area contributed by atoms with Crippen LogP contribution in [-0.4, -0.2) is 28.2 Å². The molecule has 1 aliphatic heterocycles. The van der Waals surface area contributed by atoms with Gasteiger partial charge in [-0.15, -0.1) is 0 Å². The normalized spacial score (nSPS) is 13.3. The van der Waals surface area contributed by atoms with Crippen molar-refractivity contribution in [1.29, 1.82) is 5.26 Å². The van der Waals surface area contributed by atoms with Gasteiger partial charge in [0.25, 0.3) is 0 Å². The number of benzene rings is 2. The Bertz CT molecular complexity index is 938. The van der Waals surface area contributed by atoms with Gasteiger partial charge in [0.1, 0.15) is 13.2 Å². The van der Waals surface area contributed by atoms with Gasteiger partial charge in [0.05, 0.1) is 21.6 Å². The molecule has 0 aromatic heterocycles. The van der Waals surface area contributed by atoms with Crippen molar-refractivity contribution in [3.8, 4) is 17.6 Å². The van der Waals surface area contributed by atoms with Gasteiger partial charge in [-0.3, -0.25) is 0 Å². The number of fused-ring (bicyclic) bond motifs is 1. The molecule has 25 heavy (non-hydrogen) atoms. The lowest BCUT2D eigenvalue weighted by atomic mass is 10.1. The van der Waals surface area contributed by atoms with E-state index in [9.17, 15) is 8.42 Å². The number of hydrogen-bond donors (Lipinski definition) is 1. The first-order valence-corrected chi connectivity index (χ1v) is 9.43. The van der Waals surface area contributed by atoms with Gasteiger partial charge < -0.3 is 9.47 Å². The number of nitriles is 1. The lowest BCUT2D eigenvalue weighted by molar-refractivity contribution is 0.171. The van der Waals surface area contributed by atoms with Crippen LogP contribution in [0, 0.1) is 11.3 Å². The number of sulfonamides is 1. The molecule has 8 heteroatoms. The quantitative estimate of drug-likeness (QED) is 0.863. The molecule has 1 heterocycles. The molecule has 0 saturated carbocycles. The molecule has 0 saturated heterocycles. The fraction of sp³-hybridized carbons (Fsp3) is 0.235. The van der Waals surface area contributed by atoms with E-state index in [2.05, 4.69) is 4.72 Å². The smallest absolute Gasteiger partial charge is 0.240 e. The lowest BCUT2D eigenvalue weighted by Crippen LogP contribution is -2.26. The Morgan fingerprint density at radius 2 is 2.00 bits per heavy atom. The molecule has 0 spiro atoms. The second-order valence-electron chi connectivity index (χ2n) is 5.39. The van der Waals surface area contributed by atoms with Crippen LogP contribution in [0.1, 0.15) is 11.1 Å². The van der Waals surface area contributed by atoms with Crippen LogP contribution >= 0.6 is 11.6 Å². The second kappa shape index (κ2) is 7.31. The van der Waals surface area contributed by atoms with Gasteiger partial charge in [0.2, 0.25) is 10.0 Å². The molecular formula is C17H15ClN2O4S. The van der Waals surface area contributed by atoms with Crippen molar-refractivity contribution in [2.24, 2.45) is 0 Å². The highest BCUT2D eigenvalue weighted by atomic mass is 35.5. The van der Waals surface area contributed by atoms with E-state index in [0.717, 1.165) is 5.56 Å². The SMILES string of the molecule is N#Cc1cccc(S(=O)(=O)NCCc2cc(Cl)c3c(c2)OCCO3)c1. The fourth-order valence-electron chi connectivity index (χ4n) is 2.45. The molecule has 0 aliphatic carbocycles. The van der Waals surface area contributed by atoms with Gasteiger partial charge in [-0.2, -0.15) is 5.26 Å². The van der Waals surface area contributed by atoms with Crippen molar-refractivity contribution in [1.82, 2.24) is 4.72 Å². The third-order valence-corrected chi connectivity index (χ3v) is 5.38. The van der Waals surface area contributed by atoms with Gasteiger partial charge in [0.15, 0.2) is 11.5 Å². The number of hydrogen-bond acceptors (Lipinski definition) is 5. The van der Waals surface area contributed by atoms with E-state index in [1.54, 1.807) is 18.2 Å². The summed E-state index contributed by atoms with van der Waals surface area (Å²) in [4.78, 5) is 0.0618. The summed E-state index contributed by atoms with van der Waals surface area (Å²) in [6.45, 7) is 1.09. The first kappa shape index (κ1) is 17.5. The molecule has 1 aliphatic rings. The highest BCUT2D eigenvalue weighted by Gasteiger charge is 2.18. The highest BCUT2D eigenvalue weighted by molar-refractivity contribution is 7.89. The van der Waals surface area contributed by atoms with Crippen molar-refractivity contribution in [3.05, 3.63) is 52.5 Å². The Morgan fingerprint density at radius 1 is 1.20 bits per heavy atom. The zero-order valence-corrected chi connectivity index (χ0v) is 14.7. The summed E-state index contributed by atoms with van der Waals surface area (Å²) in [6.07, 6.45) is 0.438. The topological polar surface area (TPSA) is 88.4 Å². The zero-order valence-electron chi connectivity index (χ0n) is 13.2. The summed E-state index contributed by atoms with van der Waals surface area (Å²) >= 11 is 6.17. The number of ether oxygens (including phenoxy) is 2. The Kier molecular flexibility index (Phi) is 5.13. The minimum atomic E-state index is -3.68. The van der Waals surface area contributed by atoms with Crippen molar-refractivity contribution < 1.29 is 17.9 Å². The van der Waals surface area contributed by atoms with E-state index in [0.29, 0.717) is 41.7 Å². The van der Waals surface area contributed by atoms with Crippen LogP contribution in [0.5, 0.6) is 11.5 Å². The van der Waals surface area contributed by atoms with Gasteiger partial charge in [0, 0.05) is 6.54 Å². The van der Waals surface area contributed by atoms with Crippen molar-refractivity contribution in [3.63, 3.8) is 0 Å². The number of nitrogens with one attached hydrogen (secondary N) is 1. The van der Waals surface area contributed by atoms with Crippen LogP contribution in [-0.2, 0) is 16.4 Å². The predicted molar refractivity (Wildman–Crippen MR) is 92.5 cm³/mol. The number of rotatable bonds is 5. The first-order chi connectivity index (χ1) is 12.0. The van der Waals surface area contributed by atoms with Gasteiger partial charge in [-0.1, -0.05) is 17.7 Å². The average Bonchev–Trinajstić information content (AvgIpc) is 2.62. The van der Waals surface area contributed by atoms with E-state index in [-0.39, 0.29) is 11.4 Å². The Hall–Kier alpha value is -2.27. The largest absolute Gasteiger partial charge is 0.486 e. The summed E-state index contributed by atoms with van der Waals surface area (Å²) in [7, 11) is -3.68. The standard InChI is InChI=1S/C17H15ClN2O4S/c18-15-9-12(10-16-17(15)24-7-6-23-16)4-5-20-25(21,22)14-3-1-2-13(8-14)11-19/h1-3,8-10,20H,4-7H2. The molecule has 3 rings (SSSR count). The summed E-state index contributed by atoms with van der Waals surface area (Å²) in [5.74, 6) is 1.09. The lowest BCUT2D eigenvalue weighted by Gasteiger charge is -2.20. The Labute approximate surface area is 151 Å². The van der Waals surface area contributed by atoms with Gasteiger partial charge in [-0.05, 0) is 42.3 Å². The number of nitrogens with zero attached hydrogens (tertiary/aromatic N) is 1. The maximum Gasteiger partial charge on any atom is 0.240 e. The summed E-state index contributed by atoms with van der Waals surface area (Å²) < 4.78 is 38.1. The minimum absolute atomic E-state index is 0.0618. The molecule has 0 bridgehead atoms. The van der Waals surface area contributed by atoms with Crippen molar-refractivity contribution in [2.75, 3.05) is 19.8 Å². The molecule has 130 valence electrons. The zero-order chi connectivity index (χ0) is 17.9. The first-order valence-electron chi connectivity index (χ1n) is 7.57. The van der Waals surface area contributed by atoms with Crippen molar-refractivity contribution in [2.45, 2.75) is 11.3 Å². The molecule has 0 fully saturated rings. The Morgan fingerprint density at radius 3 is 2.80 bits per heavy atom. The fourth-order valence-corrected chi connectivity index (χ4v) is 3.82. The minimum Gasteiger partial charge on any atom is -0.486 e. The molecule has 2 aromatic carbocycles. The third kappa shape index (κ3) is 4.04. The molecule has 2 aromatic rings. The predicted octanol–water partition coefficient (Wildman–Crippen LogP) is 2.50. The molecule has 0 amide bonds. The van der Waals surface area contributed by atoms with Crippen LogP contribution in [0.25, 0.3) is 0 Å². The monoisotopic (exact) mass is 378 g/mol. The highest BCUT2D eigenvalue weighted by Crippen LogP contribution is 2.38. The van der Waals surface area contributed by atoms with Crippen LogP contribution < -0.4 is 14.2 Å². The summed E-state index contributed by atoms with van der Waals surface area (Å²) in [5, 5.41) is 9.32. The summed E-state index contributed by atoms with van der Waals surface area (Å²) in [6, 6.07) is 11.3. The average molecular weight is 379 g/mol. The third-order valence-electron chi connectivity index (χ3n) is 3.64. The van der Waals surface area contributed by atoms with E-state index < -0.39 is 10.0 Å². The molecule has 6 nitrogen and oxygen atoms in total. The second-order valence-corrected chi connectivity index (χ2v) is 7.56. The van der Waals surface area contributed by atoms with E-state index in [4.69, 9.17) is 26.3 Å². The maximum absolute atomic E-state index is 12.3. The molecule has 0 atom stereocenters. The molecule has 1 N–H and O–H groups in total. The Balaban J connectivity index is 1.68. The molecule has 0 radical (unpaired) electrons. The van der Waals surface area contributed by atoms with Gasteiger partial charge >= 0.3 is 0 Å².